The molecule has 11 nitrogen and oxygen atoms in total. The van der Waals surface area contributed by atoms with Gasteiger partial charge < -0.3 is 9.47 Å². The van der Waals surface area contributed by atoms with Crippen molar-refractivity contribution >= 4 is 17.0 Å². The molecule has 44 heavy (non-hydrogen) atoms. The molecule has 1 aliphatic heterocycles. The minimum Gasteiger partial charge on any atom is -0.496 e. The highest BCUT2D eigenvalue weighted by Crippen LogP contribution is 2.42. The quantitative estimate of drug-likeness (QED) is 0.251. The van der Waals surface area contributed by atoms with Crippen LogP contribution in [0.3, 0.4) is 0 Å². The molecule has 2 atom stereocenters. The van der Waals surface area contributed by atoms with Crippen molar-refractivity contribution in [3.05, 3.63) is 94.1 Å². The maximum Gasteiger partial charge on any atom is 0.439 e. The van der Waals surface area contributed by atoms with Gasteiger partial charge in [-0.2, -0.15) is 0 Å². The highest BCUT2D eigenvalue weighted by atomic mass is 16.6. The van der Waals surface area contributed by atoms with Crippen molar-refractivity contribution in [2.24, 2.45) is 0 Å². The van der Waals surface area contributed by atoms with Crippen LogP contribution in [0, 0.1) is 6.92 Å². The number of piperidine rings is 1. The summed E-state index contributed by atoms with van der Waals surface area (Å²) < 4.78 is 17.9. The molecule has 0 radical (unpaired) electrons. The number of nitrogens with one attached hydrogen (secondary N) is 1. The Labute approximate surface area is 254 Å². The predicted molar refractivity (Wildman–Crippen MR) is 165 cm³/mol. The minimum absolute atomic E-state index is 0.0511. The van der Waals surface area contributed by atoms with Crippen LogP contribution in [0.4, 0.5) is 4.79 Å². The number of ether oxygens (including phenoxy) is 2. The molecule has 1 saturated heterocycles. The van der Waals surface area contributed by atoms with Gasteiger partial charge in [0.25, 0.3) is 0 Å². The van der Waals surface area contributed by atoms with Crippen LogP contribution < -0.4 is 10.5 Å². The monoisotopic (exact) mass is 596 g/mol. The second-order valence-corrected chi connectivity index (χ2v) is 12.2. The summed E-state index contributed by atoms with van der Waals surface area (Å²) in [5.41, 5.74) is 5.01. The van der Waals surface area contributed by atoms with E-state index in [0.717, 1.165) is 64.0 Å². The molecule has 6 rings (SSSR count). The van der Waals surface area contributed by atoms with Crippen LogP contribution in [-0.2, 0) is 11.3 Å². The molecular weight excluding hydrogens is 560 g/mol. The first-order chi connectivity index (χ1) is 21.1. The fourth-order valence-electron chi connectivity index (χ4n) is 6.13. The third kappa shape index (κ3) is 5.87. The van der Waals surface area contributed by atoms with Gasteiger partial charge in [-0.1, -0.05) is 29.4 Å². The maximum absolute atomic E-state index is 13.1. The molecule has 0 spiro atoms. The highest BCUT2D eigenvalue weighted by Gasteiger charge is 2.33. The Bertz CT molecular complexity index is 1830. The number of H-pyrrole nitrogens is 1. The number of aryl methyl sites for hydroxylation is 1. The number of nitrogens with zero attached hydrogens (tertiary/aromatic N) is 5. The van der Waals surface area contributed by atoms with Gasteiger partial charge in [0, 0.05) is 59.8 Å². The molecule has 1 fully saturated rings. The lowest BCUT2D eigenvalue weighted by atomic mass is 9.84. The van der Waals surface area contributed by atoms with Crippen LogP contribution in [-0.4, -0.2) is 54.9 Å². The molecule has 1 unspecified atom stereocenters. The Morgan fingerprint density at radius 3 is 2.61 bits per heavy atom. The van der Waals surface area contributed by atoms with E-state index in [1.807, 2.05) is 58.2 Å². The zero-order chi connectivity index (χ0) is 31.0. The summed E-state index contributed by atoms with van der Waals surface area (Å²) in [7, 11) is 1.68. The third-order valence-corrected chi connectivity index (χ3v) is 8.13. The van der Waals surface area contributed by atoms with E-state index in [9.17, 15) is 9.59 Å². The van der Waals surface area contributed by atoms with E-state index in [0.29, 0.717) is 12.4 Å². The Morgan fingerprint density at radius 1 is 1.16 bits per heavy atom. The Balaban J connectivity index is 1.37. The molecule has 4 heterocycles. The second kappa shape index (κ2) is 11.7. The first-order valence-corrected chi connectivity index (χ1v) is 14.7. The summed E-state index contributed by atoms with van der Waals surface area (Å²) in [6.07, 6.45) is 8.42. The van der Waals surface area contributed by atoms with Crippen molar-refractivity contribution in [1.82, 2.24) is 29.6 Å². The number of likely N-dealkylation sites (tertiary alicyclic amines) is 1. The van der Waals surface area contributed by atoms with Crippen LogP contribution in [0.25, 0.3) is 22.3 Å². The number of carbonyl (C=O) groups is 1. The number of aromatic amines is 1. The topological polar surface area (TPSA) is 128 Å². The molecule has 0 amide bonds. The van der Waals surface area contributed by atoms with E-state index >= 15 is 0 Å². The number of hydrogen-bond acceptors (Lipinski definition) is 9. The Morgan fingerprint density at radius 2 is 1.95 bits per heavy atom. The highest BCUT2D eigenvalue weighted by molar-refractivity contribution is 5.95. The summed E-state index contributed by atoms with van der Waals surface area (Å²) in [5, 5.41) is 4.77. The zero-order valence-electron chi connectivity index (χ0n) is 25.5. The van der Waals surface area contributed by atoms with E-state index in [2.05, 4.69) is 37.1 Å². The van der Waals surface area contributed by atoms with E-state index in [1.54, 1.807) is 30.3 Å². The first kappa shape index (κ1) is 29.3. The van der Waals surface area contributed by atoms with E-state index < -0.39 is 17.5 Å². The fourth-order valence-corrected chi connectivity index (χ4v) is 6.13. The van der Waals surface area contributed by atoms with Crippen molar-refractivity contribution in [3.63, 3.8) is 0 Å². The molecule has 3 aromatic heterocycles. The van der Waals surface area contributed by atoms with E-state index in [4.69, 9.17) is 14.0 Å². The lowest BCUT2D eigenvalue weighted by Crippen LogP contribution is -2.36. The maximum atomic E-state index is 13.1. The largest absolute Gasteiger partial charge is 0.496 e. The van der Waals surface area contributed by atoms with Gasteiger partial charge in [-0.25, -0.2) is 9.59 Å². The van der Waals surface area contributed by atoms with Crippen molar-refractivity contribution in [1.29, 1.82) is 0 Å². The number of aromatic nitrogens is 5. The summed E-state index contributed by atoms with van der Waals surface area (Å²) in [6, 6.07) is 12.0. The lowest BCUT2D eigenvalue weighted by molar-refractivity contribution is 0.0544. The number of methoxy groups -OCH3 is 1. The lowest BCUT2D eigenvalue weighted by Gasteiger charge is -2.40. The predicted octanol–water partition coefficient (Wildman–Crippen LogP) is 6.00. The van der Waals surface area contributed by atoms with Gasteiger partial charge in [0.2, 0.25) is 0 Å². The third-order valence-electron chi connectivity index (χ3n) is 8.13. The van der Waals surface area contributed by atoms with E-state index in [-0.39, 0.29) is 12.0 Å². The molecule has 1 N–H and O–H groups in total. The summed E-state index contributed by atoms with van der Waals surface area (Å²) >= 11 is 0. The van der Waals surface area contributed by atoms with Gasteiger partial charge in [0.05, 0.1) is 18.3 Å². The van der Waals surface area contributed by atoms with Gasteiger partial charge >= 0.3 is 11.8 Å². The Kier molecular flexibility index (Phi) is 7.81. The van der Waals surface area contributed by atoms with Crippen LogP contribution >= 0.6 is 0 Å². The molecule has 2 aromatic carbocycles. The summed E-state index contributed by atoms with van der Waals surface area (Å²) in [5.74, 6) is 0.816. The molecular formula is C33H36N6O5. The molecule has 228 valence electrons. The molecule has 0 aliphatic carbocycles. The van der Waals surface area contributed by atoms with Crippen LogP contribution in [0.1, 0.15) is 68.0 Å². The normalized spacial score (nSPS) is 17.6. The van der Waals surface area contributed by atoms with Crippen molar-refractivity contribution in [3.8, 4) is 17.1 Å². The average molecular weight is 597 g/mol. The molecule has 11 heteroatoms. The zero-order valence-corrected chi connectivity index (χ0v) is 25.5. The average Bonchev–Trinajstić information content (AvgIpc) is 3.66. The van der Waals surface area contributed by atoms with Crippen molar-refractivity contribution in [2.45, 2.75) is 64.6 Å². The number of hydrogen-bond donors (Lipinski definition) is 1. The summed E-state index contributed by atoms with van der Waals surface area (Å²) in [6.45, 7) is 8.99. The smallest absolute Gasteiger partial charge is 0.439 e. The number of rotatable bonds is 6. The van der Waals surface area contributed by atoms with Gasteiger partial charge in [0.1, 0.15) is 11.4 Å². The van der Waals surface area contributed by atoms with Crippen LogP contribution in [0.5, 0.6) is 5.75 Å². The molecule has 1 aliphatic rings. The van der Waals surface area contributed by atoms with Crippen molar-refractivity contribution < 1.29 is 18.8 Å². The molecule has 5 aromatic rings. The van der Waals surface area contributed by atoms with Crippen molar-refractivity contribution in [2.75, 3.05) is 13.7 Å². The van der Waals surface area contributed by atoms with Crippen LogP contribution in [0.2, 0.25) is 0 Å². The molecule has 0 bridgehead atoms. The van der Waals surface area contributed by atoms with Gasteiger partial charge in [0.15, 0.2) is 5.82 Å². The molecule has 0 saturated carbocycles. The Hall–Kier alpha value is -4.77. The number of fused-ring (bicyclic) bond motifs is 1. The van der Waals surface area contributed by atoms with Gasteiger partial charge in [-0.15, -0.1) is 0 Å². The SMILES string of the molecule is COc1cc(C)c2c(ccn2C(=O)OC(C)(C)C)c1CN1CCC(c2cnccn2)C[C@H]1c1ccc(-c2noc(=O)[nH]2)cc1. The number of carbonyl (C=O) groups excluding carboxylic acids is 1. The number of benzene rings is 2. The van der Waals surface area contributed by atoms with Gasteiger partial charge in [-0.3, -0.25) is 28.9 Å². The van der Waals surface area contributed by atoms with Gasteiger partial charge in [-0.05, 0) is 70.3 Å². The minimum atomic E-state index is -0.615. The summed E-state index contributed by atoms with van der Waals surface area (Å²) in [4.78, 5) is 38.6. The standard InChI is InChI=1S/C33H36N6O5/c1-20-16-28(42-5)25(24-11-15-39(29(20)24)32(41)43-33(2,3)4)19-38-14-10-23(26-18-34-12-13-35-26)17-27(38)21-6-8-22(9-7-21)30-36-31(40)44-37-30/h6-9,11-13,15-16,18,23,27H,10,14,17,19H2,1-5H3,(H,36,37,40)/t23?,27-/m0/s1. The van der Waals surface area contributed by atoms with Crippen LogP contribution in [0.15, 0.2) is 70.5 Å². The second-order valence-electron chi connectivity index (χ2n) is 12.2. The first-order valence-electron chi connectivity index (χ1n) is 14.7. The van der Waals surface area contributed by atoms with E-state index in [1.165, 1.54) is 0 Å². The fraction of sp³-hybridized carbons (Fsp3) is 0.364.